The van der Waals surface area contributed by atoms with Crippen molar-refractivity contribution in [1.82, 2.24) is 4.98 Å². The lowest BCUT2D eigenvalue weighted by molar-refractivity contribution is 0.0691. The molecule has 1 heterocycles. The molecule has 0 amide bonds. The quantitative estimate of drug-likeness (QED) is 0.839. The van der Waals surface area contributed by atoms with Gasteiger partial charge in [-0.25, -0.2) is 9.78 Å². The van der Waals surface area contributed by atoms with Gasteiger partial charge in [0.25, 0.3) is 0 Å². The van der Waals surface area contributed by atoms with E-state index in [0.717, 1.165) is 4.47 Å². The molecular formula is C12H7BrCl2N2O2. The minimum absolute atomic E-state index is 0.0818. The Morgan fingerprint density at radius 2 is 1.89 bits per heavy atom. The molecule has 7 heteroatoms. The molecule has 2 aromatic rings. The second-order valence-electron chi connectivity index (χ2n) is 3.58. The van der Waals surface area contributed by atoms with E-state index in [9.17, 15) is 4.79 Å². The number of benzene rings is 1. The van der Waals surface area contributed by atoms with Gasteiger partial charge in [0.15, 0.2) is 5.69 Å². The maximum atomic E-state index is 10.9. The topological polar surface area (TPSA) is 62.2 Å². The largest absolute Gasteiger partial charge is 0.476 e. The fourth-order valence-electron chi connectivity index (χ4n) is 1.39. The van der Waals surface area contributed by atoms with Gasteiger partial charge in [-0.1, -0.05) is 39.1 Å². The third-order valence-electron chi connectivity index (χ3n) is 2.24. The Balaban J connectivity index is 2.36. The smallest absolute Gasteiger partial charge is 0.356 e. The highest BCUT2D eigenvalue weighted by Crippen LogP contribution is 2.28. The number of halogens is 3. The molecule has 0 saturated carbocycles. The molecule has 0 aliphatic carbocycles. The molecule has 0 spiro atoms. The molecule has 0 aliphatic heterocycles. The Morgan fingerprint density at radius 1 is 1.21 bits per heavy atom. The summed E-state index contributed by atoms with van der Waals surface area (Å²) >= 11 is 15.1. The van der Waals surface area contributed by atoms with Gasteiger partial charge in [-0.2, -0.15) is 0 Å². The normalized spacial score (nSPS) is 10.3. The standard InChI is InChI=1S/C12H7BrCl2N2O2/c13-6-1-2-7(14)9(5-6)16-10-4-3-8(15)11(17-10)12(18)19/h1-5H,(H,16,17)(H,18,19). The van der Waals surface area contributed by atoms with Gasteiger partial charge in [0.1, 0.15) is 5.82 Å². The summed E-state index contributed by atoms with van der Waals surface area (Å²) in [6.07, 6.45) is 0. The number of pyridine rings is 1. The van der Waals surface area contributed by atoms with Crippen LogP contribution in [0.5, 0.6) is 0 Å². The summed E-state index contributed by atoms with van der Waals surface area (Å²) in [5.74, 6) is -0.837. The van der Waals surface area contributed by atoms with Crippen molar-refractivity contribution in [2.45, 2.75) is 0 Å². The molecule has 98 valence electrons. The van der Waals surface area contributed by atoms with Crippen LogP contribution in [0.1, 0.15) is 10.5 Å². The number of carboxylic acid groups (broad SMARTS) is 1. The van der Waals surface area contributed by atoms with Gasteiger partial charge in [0, 0.05) is 4.47 Å². The summed E-state index contributed by atoms with van der Waals surface area (Å²) < 4.78 is 0.840. The summed E-state index contributed by atoms with van der Waals surface area (Å²) in [6, 6.07) is 8.31. The van der Waals surface area contributed by atoms with Crippen LogP contribution in [0.3, 0.4) is 0 Å². The first kappa shape index (κ1) is 14.1. The van der Waals surface area contributed by atoms with Crippen LogP contribution in [-0.2, 0) is 0 Å². The van der Waals surface area contributed by atoms with Crippen LogP contribution in [0.15, 0.2) is 34.8 Å². The minimum Gasteiger partial charge on any atom is -0.476 e. The van der Waals surface area contributed by atoms with Gasteiger partial charge in [0.05, 0.1) is 15.7 Å². The lowest BCUT2D eigenvalue weighted by Crippen LogP contribution is -2.04. The number of aromatic nitrogens is 1. The molecule has 0 atom stereocenters. The third-order valence-corrected chi connectivity index (χ3v) is 3.37. The summed E-state index contributed by atoms with van der Waals surface area (Å²) in [5.41, 5.74) is 0.403. The Hall–Kier alpha value is -1.30. The molecule has 1 aromatic heterocycles. The molecule has 0 fully saturated rings. The highest BCUT2D eigenvalue weighted by molar-refractivity contribution is 9.10. The van der Waals surface area contributed by atoms with E-state index < -0.39 is 5.97 Å². The van der Waals surface area contributed by atoms with Gasteiger partial charge < -0.3 is 10.4 Å². The number of anilines is 2. The first-order valence-corrected chi connectivity index (χ1v) is 6.64. The van der Waals surface area contributed by atoms with E-state index in [0.29, 0.717) is 16.5 Å². The second kappa shape index (κ2) is 5.77. The minimum atomic E-state index is -1.19. The van der Waals surface area contributed by atoms with E-state index in [1.54, 1.807) is 24.3 Å². The maximum Gasteiger partial charge on any atom is 0.356 e. The van der Waals surface area contributed by atoms with Crippen LogP contribution in [-0.4, -0.2) is 16.1 Å². The highest BCUT2D eigenvalue weighted by Gasteiger charge is 2.12. The molecule has 2 rings (SSSR count). The molecule has 0 radical (unpaired) electrons. The van der Waals surface area contributed by atoms with E-state index in [-0.39, 0.29) is 10.7 Å². The van der Waals surface area contributed by atoms with Gasteiger partial charge in [-0.15, -0.1) is 0 Å². The van der Waals surface area contributed by atoms with Crippen molar-refractivity contribution >= 4 is 56.6 Å². The van der Waals surface area contributed by atoms with Gasteiger partial charge in [-0.3, -0.25) is 0 Å². The number of nitrogens with one attached hydrogen (secondary N) is 1. The number of hydrogen-bond donors (Lipinski definition) is 2. The molecule has 0 aliphatic rings. The number of nitrogens with zero attached hydrogens (tertiary/aromatic N) is 1. The van der Waals surface area contributed by atoms with E-state index >= 15 is 0 Å². The molecule has 1 aromatic carbocycles. The zero-order valence-electron chi connectivity index (χ0n) is 9.32. The average molecular weight is 362 g/mol. The lowest BCUT2D eigenvalue weighted by atomic mass is 10.3. The molecular weight excluding hydrogens is 355 g/mol. The summed E-state index contributed by atoms with van der Waals surface area (Å²) in [5, 5.41) is 12.5. The predicted molar refractivity (Wildman–Crippen MR) is 78.6 cm³/mol. The van der Waals surface area contributed by atoms with E-state index in [2.05, 4.69) is 26.2 Å². The van der Waals surface area contributed by atoms with Crippen molar-refractivity contribution in [2.24, 2.45) is 0 Å². The first-order valence-electron chi connectivity index (χ1n) is 5.09. The van der Waals surface area contributed by atoms with Crippen LogP contribution in [0.4, 0.5) is 11.5 Å². The third kappa shape index (κ3) is 3.37. The molecule has 2 N–H and O–H groups in total. The number of rotatable bonds is 3. The van der Waals surface area contributed by atoms with Crippen molar-refractivity contribution in [2.75, 3.05) is 5.32 Å². The van der Waals surface area contributed by atoms with Crippen LogP contribution < -0.4 is 5.32 Å². The van der Waals surface area contributed by atoms with Crippen LogP contribution in [0.25, 0.3) is 0 Å². The number of carbonyl (C=O) groups is 1. The Morgan fingerprint density at radius 3 is 2.58 bits per heavy atom. The van der Waals surface area contributed by atoms with E-state index in [1.807, 2.05) is 0 Å². The van der Waals surface area contributed by atoms with Crippen LogP contribution in [0.2, 0.25) is 10.0 Å². The van der Waals surface area contributed by atoms with Crippen molar-refractivity contribution in [3.8, 4) is 0 Å². The van der Waals surface area contributed by atoms with Crippen molar-refractivity contribution in [3.63, 3.8) is 0 Å². The molecule has 0 saturated heterocycles. The molecule has 0 unspecified atom stereocenters. The summed E-state index contributed by atoms with van der Waals surface area (Å²) in [7, 11) is 0. The zero-order chi connectivity index (χ0) is 14.0. The van der Waals surface area contributed by atoms with Crippen molar-refractivity contribution in [1.29, 1.82) is 0 Å². The summed E-state index contributed by atoms with van der Waals surface area (Å²) in [6.45, 7) is 0. The number of carboxylic acids is 1. The van der Waals surface area contributed by atoms with E-state index in [1.165, 1.54) is 6.07 Å². The van der Waals surface area contributed by atoms with Crippen LogP contribution in [0, 0.1) is 0 Å². The molecule has 4 nitrogen and oxygen atoms in total. The lowest BCUT2D eigenvalue weighted by Gasteiger charge is -2.09. The Bertz CT molecular complexity index is 650. The molecule has 0 bridgehead atoms. The zero-order valence-corrected chi connectivity index (χ0v) is 12.4. The fourth-order valence-corrected chi connectivity index (χ4v) is 2.10. The van der Waals surface area contributed by atoms with Crippen molar-refractivity contribution in [3.05, 3.63) is 50.5 Å². The average Bonchev–Trinajstić information content (AvgIpc) is 2.36. The fraction of sp³-hybridized carbons (Fsp3) is 0. The highest BCUT2D eigenvalue weighted by atomic mass is 79.9. The molecule has 19 heavy (non-hydrogen) atoms. The maximum absolute atomic E-state index is 10.9. The second-order valence-corrected chi connectivity index (χ2v) is 5.31. The van der Waals surface area contributed by atoms with E-state index in [4.69, 9.17) is 28.3 Å². The van der Waals surface area contributed by atoms with Gasteiger partial charge in [-0.05, 0) is 30.3 Å². The Kier molecular flexibility index (Phi) is 4.29. The Labute approximate surface area is 127 Å². The van der Waals surface area contributed by atoms with Crippen molar-refractivity contribution < 1.29 is 9.90 Å². The number of hydrogen-bond acceptors (Lipinski definition) is 3. The monoisotopic (exact) mass is 360 g/mol. The predicted octanol–water partition coefficient (Wildman–Crippen LogP) is 4.59. The van der Waals surface area contributed by atoms with Gasteiger partial charge in [0.2, 0.25) is 0 Å². The summed E-state index contributed by atoms with van der Waals surface area (Å²) in [4.78, 5) is 14.9. The number of aromatic carboxylic acids is 1. The van der Waals surface area contributed by atoms with Crippen LogP contribution >= 0.6 is 39.1 Å². The van der Waals surface area contributed by atoms with Gasteiger partial charge >= 0.3 is 5.97 Å². The SMILES string of the molecule is O=C(O)c1nc(Nc2cc(Br)ccc2Cl)ccc1Cl. The first-order chi connectivity index (χ1) is 8.97.